The van der Waals surface area contributed by atoms with E-state index in [2.05, 4.69) is 44.3 Å². The minimum atomic E-state index is -4.39. The van der Waals surface area contributed by atoms with Crippen molar-refractivity contribution < 1.29 is 55.3 Å². The first-order chi connectivity index (χ1) is 23.2. The molecular weight excluding hydrogens is 694 g/mol. The number of unbranched alkanes of at least 4 members (excludes halogenated alkanes) is 11. The average molecular weight is 749 g/mol. The van der Waals surface area contributed by atoms with E-state index in [-0.39, 0.29) is 19.0 Å². The zero-order valence-electron chi connectivity index (χ0n) is 28.3. The molecule has 0 atom stereocenters. The Bertz CT molecular complexity index is 1370. The lowest BCUT2D eigenvalue weighted by molar-refractivity contribution is -0.697. The van der Waals surface area contributed by atoms with Crippen LogP contribution in [0.5, 0.6) is 0 Å². The molecule has 2 aromatic rings. The summed E-state index contributed by atoms with van der Waals surface area (Å²) in [5.74, 6) is -0.334. The third-order valence-corrected chi connectivity index (χ3v) is 9.69. The van der Waals surface area contributed by atoms with Gasteiger partial charge in [0.2, 0.25) is 0 Å². The lowest BCUT2D eigenvalue weighted by Crippen LogP contribution is -2.32. The third-order valence-electron chi connectivity index (χ3n) is 7.87. The van der Waals surface area contributed by atoms with Crippen LogP contribution < -0.4 is 9.47 Å². The van der Waals surface area contributed by atoms with E-state index in [0.29, 0.717) is 32.2 Å². The van der Waals surface area contributed by atoms with Gasteiger partial charge in [-0.3, -0.25) is 9.05 Å². The van der Waals surface area contributed by atoms with Crippen molar-refractivity contribution in [3.05, 3.63) is 59.9 Å². The first kappa shape index (κ1) is 43.2. The number of hydrogen-bond acceptors (Lipinski definition) is 8. The van der Waals surface area contributed by atoms with Gasteiger partial charge in [0.25, 0.3) is 0 Å². The lowest BCUT2D eigenvalue weighted by atomic mass is 10.1. The fourth-order valence-electron chi connectivity index (χ4n) is 5.25. The van der Waals surface area contributed by atoms with Gasteiger partial charge < -0.3 is 29.0 Å². The van der Waals surface area contributed by atoms with Crippen LogP contribution in [0.15, 0.2) is 48.8 Å². The topological polar surface area (TPSA) is 198 Å². The molecule has 0 amide bonds. The van der Waals surface area contributed by atoms with Crippen molar-refractivity contribution >= 4 is 43.6 Å². The second-order valence-corrected chi connectivity index (χ2v) is 16.1. The number of pyridine rings is 1. The Morgan fingerprint density at radius 2 is 1.06 bits per heavy atom. The highest BCUT2D eigenvalue weighted by Crippen LogP contribution is 2.36. The fraction of sp³-hybridized carbons (Fsp3) is 0.606. The van der Waals surface area contributed by atoms with Gasteiger partial charge in [0.05, 0.1) is 23.3 Å². The van der Waals surface area contributed by atoms with Gasteiger partial charge in [-0.05, 0) is 55.4 Å². The van der Waals surface area contributed by atoms with Crippen molar-refractivity contribution in [2.45, 2.75) is 96.4 Å². The maximum absolute atomic E-state index is 10.8. The number of aromatic nitrogens is 1. The summed E-state index contributed by atoms with van der Waals surface area (Å²) in [5, 5.41) is 0. The molecule has 13 nitrogen and oxygen atoms in total. The number of phosphoric ester groups is 2. The highest BCUT2D eigenvalue weighted by Gasteiger charge is 2.13. The Hall–Kier alpha value is -1.96. The molecule has 0 saturated heterocycles. The van der Waals surface area contributed by atoms with Gasteiger partial charge in [-0.25, -0.2) is 22.1 Å². The zero-order chi connectivity index (χ0) is 36.0. The highest BCUT2D eigenvalue weighted by atomic mass is 32.2. The summed E-state index contributed by atoms with van der Waals surface area (Å²) in [5.41, 5.74) is 3.27. The molecule has 0 unspecified atom stereocenters. The molecular formula is C33H54N2O11P2S. The Balaban J connectivity index is 1.83. The number of benzene rings is 1. The standard InChI is InChI=1S/C33H54N2O11P2S/c36-47(37,38)45-28-12-7-3-1-5-9-24-35(25-10-6-2-4-8-13-29-46-48(39,40)41)33-19-17-31(18-20-33)15-16-32-21-26-34(27-22-32)23-11-14-30-49(42,43)44/h15-22,26-27H,1-14,23-25,28-30H2,(H4-,36,37,38,39,40,41,42,43,44). The second-order valence-electron chi connectivity index (χ2n) is 12.1. The van der Waals surface area contributed by atoms with Crippen LogP contribution in [0.4, 0.5) is 5.69 Å². The van der Waals surface area contributed by atoms with Crippen molar-refractivity contribution in [3.8, 4) is 0 Å². The normalized spacial score (nSPS) is 12.6. The van der Waals surface area contributed by atoms with Crippen LogP contribution >= 0.6 is 15.6 Å². The van der Waals surface area contributed by atoms with Crippen molar-refractivity contribution in [2.24, 2.45) is 0 Å². The Morgan fingerprint density at radius 1 is 0.633 bits per heavy atom. The molecule has 0 radical (unpaired) electrons. The van der Waals surface area contributed by atoms with Gasteiger partial charge in [-0.15, -0.1) is 0 Å². The summed E-state index contributed by atoms with van der Waals surface area (Å²) in [4.78, 5) is 37.5. The first-order valence-corrected chi connectivity index (χ1v) is 21.7. The number of nitrogens with zero attached hydrogens (tertiary/aromatic N) is 2. The highest BCUT2D eigenvalue weighted by molar-refractivity contribution is 7.85. The molecule has 0 aliphatic rings. The van der Waals surface area contributed by atoms with Gasteiger partial charge in [0.15, 0.2) is 12.4 Å². The quantitative estimate of drug-likeness (QED) is 0.0334. The first-order valence-electron chi connectivity index (χ1n) is 17.1. The van der Waals surface area contributed by atoms with Crippen LogP contribution in [0.3, 0.4) is 0 Å². The smallest absolute Gasteiger partial charge is 0.469 e. The van der Waals surface area contributed by atoms with Gasteiger partial charge in [-0.1, -0.05) is 75.7 Å². The van der Waals surface area contributed by atoms with Crippen molar-refractivity contribution in [2.75, 3.05) is 37.0 Å². The summed E-state index contributed by atoms with van der Waals surface area (Å²) in [6.07, 6.45) is 20.2. The molecule has 0 bridgehead atoms. The van der Waals surface area contributed by atoms with Gasteiger partial charge in [0.1, 0.15) is 6.54 Å². The van der Waals surface area contributed by atoms with E-state index in [9.17, 15) is 22.1 Å². The number of anilines is 1. The van der Waals surface area contributed by atoms with E-state index in [1.165, 1.54) is 0 Å². The summed E-state index contributed by atoms with van der Waals surface area (Å²) in [7, 11) is -12.9. The van der Waals surface area contributed by atoms with Crippen LogP contribution in [0, 0.1) is 0 Å². The predicted octanol–water partition coefficient (Wildman–Crippen LogP) is 6.18. The van der Waals surface area contributed by atoms with Crippen LogP contribution in [-0.2, 0) is 34.8 Å². The predicted molar refractivity (Wildman–Crippen MR) is 189 cm³/mol. The maximum atomic E-state index is 10.8. The van der Waals surface area contributed by atoms with Crippen molar-refractivity contribution in [1.29, 1.82) is 0 Å². The molecule has 0 fully saturated rings. The van der Waals surface area contributed by atoms with Crippen LogP contribution in [-0.4, -0.2) is 64.6 Å². The minimum absolute atomic E-state index is 0.0676. The van der Waals surface area contributed by atoms with Crippen LogP contribution in [0.2, 0.25) is 0 Å². The Labute approximate surface area is 291 Å². The number of rotatable bonds is 28. The summed E-state index contributed by atoms with van der Waals surface area (Å²) >= 11 is 0. The molecule has 1 aromatic heterocycles. The second kappa shape index (κ2) is 23.5. The molecule has 0 aliphatic carbocycles. The van der Waals surface area contributed by atoms with E-state index >= 15 is 0 Å². The molecule has 49 heavy (non-hydrogen) atoms. The minimum Gasteiger partial charge on any atom is -0.748 e. The monoisotopic (exact) mass is 748 g/mol. The summed E-state index contributed by atoms with van der Waals surface area (Å²) < 4.78 is 64.8. The number of phosphoric acid groups is 2. The van der Waals surface area contributed by atoms with Gasteiger partial charge >= 0.3 is 15.6 Å². The largest absolute Gasteiger partial charge is 0.748 e. The van der Waals surface area contributed by atoms with Crippen molar-refractivity contribution in [1.82, 2.24) is 0 Å². The fourth-order valence-corrected chi connectivity index (χ4v) is 6.54. The van der Waals surface area contributed by atoms with E-state index in [0.717, 1.165) is 94.1 Å². The van der Waals surface area contributed by atoms with Crippen LogP contribution in [0.25, 0.3) is 12.2 Å². The van der Waals surface area contributed by atoms with E-state index in [1.54, 1.807) is 0 Å². The van der Waals surface area contributed by atoms with E-state index in [4.69, 9.17) is 19.6 Å². The van der Waals surface area contributed by atoms with Crippen molar-refractivity contribution in [3.63, 3.8) is 0 Å². The SMILES string of the molecule is O=P(O)(O)OCCCCCCCCN(CCCCCCCCOP(=O)(O)O)c1ccc(/C=C/c2cc[n+](CCCCS(=O)(=O)[O-])cc2)cc1. The Morgan fingerprint density at radius 3 is 1.51 bits per heavy atom. The van der Waals surface area contributed by atoms with E-state index in [1.807, 2.05) is 35.2 Å². The molecule has 0 spiro atoms. The zero-order valence-corrected chi connectivity index (χ0v) is 30.9. The number of hydrogen-bond donors (Lipinski definition) is 4. The molecule has 2 rings (SSSR count). The lowest BCUT2D eigenvalue weighted by Gasteiger charge is -2.25. The van der Waals surface area contributed by atoms with Gasteiger partial charge in [-0.2, -0.15) is 0 Å². The molecule has 0 aliphatic heterocycles. The molecule has 1 heterocycles. The van der Waals surface area contributed by atoms with E-state index < -0.39 is 25.8 Å². The maximum Gasteiger partial charge on any atom is 0.469 e. The molecule has 16 heteroatoms. The van der Waals surface area contributed by atoms with Crippen LogP contribution in [0.1, 0.15) is 101 Å². The average Bonchev–Trinajstić information content (AvgIpc) is 3.02. The third kappa shape index (κ3) is 24.0. The van der Waals surface area contributed by atoms with Gasteiger partial charge in [0, 0.05) is 43.1 Å². The Kier molecular flexibility index (Phi) is 20.7. The molecule has 1 aromatic carbocycles. The summed E-state index contributed by atoms with van der Waals surface area (Å²) in [6.45, 7) is 2.63. The molecule has 4 N–H and O–H groups in total. The summed E-state index contributed by atoms with van der Waals surface area (Å²) in [6, 6.07) is 12.5. The molecule has 278 valence electrons. The number of aryl methyl sites for hydroxylation is 1. The molecule has 0 saturated carbocycles.